The Balaban J connectivity index is 0.988. The van der Waals surface area contributed by atoms with Crippen molar-refractivity contribution in [2.75, 3.05) is 12.4 Å². The lowest BCUT2D eigenvalue weighted by atomic mass is 9.92. The molecule has 2 aromatic heterocycles. The van der Waals surface area contributed by atoms with E-state index in [1.807, 2.05) is 36.4 Å². The number of benzene rings is 3. The number of anilines is 1. The summed E-state index contributed by atoms with van der Waals surface area (Å²) in [4.78, 5) is 45.0. The Bertz CT molecular complexity index is 2000. The minimum Gasteiger partial charge on any atom is -0.490 e. The maximum absolute atomic E-state index is 12.8. The number of hydrogen-bond donors (Lipinski definition) is 3. The van der Waals surface area contributed by atoms with Gasteiger partial charge in [-0.25, -0.2) is 14.8 Å². The molecule has 0 spiro atoms. The highest BCUT2D eigenvalue weighted by Gasteiger charge is 2.24. The number of rotatable bonds is 11. The summed E-state index contributed by atoms with van der Waals surface area (Å²) in [6, 6.07) is 24.4. The molecule has 0 unspecified atom stereocenters. The number of amides is 2. The third-order valence-electron chi connectivity index (χ3n) is 8.15. The molecule has 11 nitrogen and oxygen atoms in total. The highest BCUT2D eigenvalue weighted by Crippen LogP contribution is 2.30. The van der Waals surface area contributed by atoms with Gasteiger partial charge < -0.3 is 30.0 Å². The minimum atomic E-state index is -1.11. The third-order valence-corrected chi connectivity index (χ3v) is 8.35. The molecule has 49 heavy (non-hydrogen) atoms. The Labute approximate surface area is 287 Å². The van der Waals surface area contributed by atoms with Crippen molar-refractivity contribution >= 4 is 45.8 Å². The fourth-order valence-corrected chi connectivity index (χ4v) is 5.89. The number of ether oxygens (including phenoxy) is 3. The number of pyridine rings is 2. The van der Waals surface area contributed by atoms with Gasteiger partial charge in [0.15, 0.2) is 0 Å². The molecule has 2 amide bonds. The SMILES string of the molecule is COc1cc(C(=O)NC2CCC(Oc3ccc4cc(Oc5ccc(CC(=O)Nc6ccccc6C(=O)O)cn5)ccc4c3)CC2)cc(Cl)n1. The maximum Gasteiger partial charge on any atom is 0.337 e. The zero-order chi connectivity index (χ0) is 34.3. The second kappa shape index (κ2) is 15.0. The van der Waals surface area contributed by atoms with Gasteiger partial charge in [0, 0.05) is 29.9 Å². The molecule has 5 aromatic rings. The van der Waals surface area contributed by atoms with Crippen LogP contribution in [0.3, 0.4) is 0 Å². The van der Waals surface area contributed by atoms with Crippen molar-refractivity contribution in [2.45, 2.75) is 44.2 Å². The average molecular weight is 681 g/mol. The van der Waals surface area contributed by atoms with Crippen molar-refractivity contribution in [2.24, 2.45) is 0 Å². The third kappa shape index (κ3) is 8.62. The molecule has 1 aliphatic rings. The van der Waals surface area contributed by atoms with E-state index in [4.69, 9.17) is 25.8 Å². The van der Waals surface area contributed by atoms with E-state index in [-0.39, 0.29) is 46.8 Å². The quantitative estimate of drug-likeness (QED) is 0.124. The van der Waals surface area contributed by atoms with Gasteiger partial charge in [-0.15, -0.1) is 0 Å². The smallest absolute Gasteiger partial charge is 0.337 e. The predicted octanol–water partition coefficient (Wildman–Crippen LogP) is 7.08. The van der Waals surface area contributed by atoms with Crippen molar-refractivity contribution in [1.29, 1.82) is 0 Å². The van der Waals surface area contributed by atoms with Crippen LogP contribution in [0.15, 0.2) is 91.1 Å². The molecule has 1 fully saturated rings. The number of aromatic carboxylic acids is 1. The number of carbonyl (C=O) groups is 3. The van der Waals surface area contributed by atoms with Gasteiger partial charge in [0.25, 0.3) is 5.91 Å². The molecule has 0 bridgehead atoms. The first-order valence-electron chi connectivity index (χ1n) is 15.7. The van der Waals surface area contributed by atoms with Crippen LogP contribution in [-0.2, 0) is 11.2 Å². The molecule has 3 aromatic carbocycles. The van der Waals surface area contributed by atoms with E-state index >= 15 is 0 Å². The second-order valence-corrected chi connectivity index (χ2v) is 12.0. The number of nitrogens with one attached hydrogen (secondary N) is 2. The zero-order valence-corrected chi connectivity index (χ0v) is 27.3. The van der Waals surface area contributed by atoms with Gasteiger partial charge >= 0.3 is 5.97 Å². The molecule has 0 atom stereocenters. The zero-order valence-electron chi connectivity index (χ0n) is 26.5. The van der Waals surface area contributed by atoms with Crippen LogP contribution in [0.25, 0.3) is 10.8 Å². The Morgan fingerprint density at radius 2 is 1.61 bits per heavy atom. The van der Waals surface area contributed by atoms with Crippen LogP contribution in [0.2, 0.25) is 5.15 Å². The number of halogens is 1. The summed E-state index contributed by atoms with van der Waals surface area (Å²) in [5.41, 5.74) is 1.33. The molecule has 1 saturated carbocycles. The van der Waals surface area contributed by atoms with E-state index < -0.39 is 5.97 Å². The van der Waals surface area contributed by atoms with Crippen LogP contribution in [-0.4, -0.2) is 52.1 Å². The van der Waals surface area contributed by atoms with E-state index in [1.165, 1.54) is 19.2 Å². The fourth-order valence-electron chi connectivity index (χ4n) is 5.69. The number of carbonyl (C=O) groups excluding carboxylic acids is 2. The number of carboxylic acid groups (broad SMARTS) is 1. The molecule has 0 aliphatic heterocycles. The summed E-state index contributed by atoms with van der Waals surface area (Å²) in [6.07, 6.45) is 4.84. The summed E-state index contributed by atoms with van der Waals surface area (Å²) >= 11 is 6.02. The normalized spacial score (nSPS) is 15.6. The number of hydrogen-bond acceptors (Lipinski definition) is 8. The van der Waals surface area contributed by atoms with Gasteiger partial charge in [-0.2, -0.15) is 0 Å². The Hall–Kier alpha value is -5.68. The van der Waals surface area contributed by atoms with Gasteiger partial charge in [-0.05, 0) is 84.5 Å². The van der Waals surface area contributed by atoms with Crippen molar-refractivity contribution in [3.63, 3.8) is 0 Å². The number of fused-ring (bicyclic) bond motifs is 1. The Morgan fingerprint density at radius 1 is 0.878 bits per heavy atom. The Morgan fingerprint density at radius 3 is 2.33 bits per heavy atom. The summed E-state index contributed by atoms with van der Waals surface area (Å²) in [5, 5.41) is 17.2. The first-order chi connectivity index (χ1) is 23.7. The van der Waals surface area contributed by atoms with E-state index in [0.717, 1.165) is 42.2 Å². The van der Waals surface area contributed by atoms with Gasteiger partial charge in [0.1, 0.15) is 16.7 Å². The largest absolute Gasteiger partial charge is 0.490 e. The standard InChI is InChI=1S/C37H33ClN4O7/c1-47-35-20-25(19-32(38)42-35)36(44)40-26-9-13-27(14-10-26)48-28-11-7-24-18-29(12-8-23(24)17-28)49-34-15-6-22(21-39-34)16-33(43)41-31-5-3-2-4-30(31)37(45)46/h2-8,11-12,15,17-21,26-27H,9-10,13-14,16H2,1H3,(H,40,44)(H,41,43)(H,45,46). The van der Waals surface area contributed by atoms with Crippen LogP contribution >= 0.6 is 11.6 Å². The molecule has 12 heteroatoms. The van der Waals surface area contributed by atoms with Gasteiger partial charge in [0.2, 0.25) is 17.7 Å². The molecule has 0 saturated heterocycles. The maximum atomic E-state index is 12.8. The van der Waals surface area contributed by atoms with Crippen LogP contribution in [0.5, 0.6) is 23.3 Å². The van der Waals surface area contributed by atoms with Crippen LogP contribution in [0, 0.1) is 0 Å². The van der Waals surface area contributed by atoms with Crippen molar-refractivity contribution in [3.05, 3.63) is 113 Å². The van der Waals surface area contributed by atoms with Crippen LogP contribution in [0.1, 0.15) is 52.0 Å². The van der Waals surface area contributed by atoms with E-state index in [0.29, 0.717) is 28.6 Å². The highest BCUT2D eigenvalue weighted by atomic mass is 35.5. The molecule has 250 valence electrons. The van der Waals surface area contributed by atoms with Crippen molar-refractivity contribution < 1.29 is 33.7 Å². The molecule has 3 N–H and O–H groups in total. The molecular weight excluding hydrogens is 648 g/mol. The first-order valence-corrected chi connectivity index (χ1v) is 16.1. The molecular formula is C37H33ClN4O7. The fraction of sp³-hybridized carbons (Fsp3) is 0.216. The summed E-state index contributed by atoms with van der Waals surface area (Å²) < 4.78 is 17.4. The molecule has 2 heterocycles. The lowest BCUT2D eigenvalue weighted by molar-refractivity contribution is -0.115. The Kier molecular flexibility index (Phi) is 10.2. The highest BCUT2D eigenvalue weighted by molar-refractivity contribution is 6.29. The monoisotopic (exact) mass is 680 g/mol. The minimum absolute atomic E-state index is 0.0229. The average Bonchev–Trinajstić information content (AvgIpc) is 3.10. The van der Waals surface area contributed by atoms with Crippen LogP contribution in [0.4, 0.5) is 5.69 Å². The van der Waals surface area contributed by atoms with E-state index in [9.17, 15) is 19.5 Å². The van der Waals surface area contributed by atoms with E-state index in [1.54, 1.807) is 42.6 Å². The second-order valence-electron chi connectivity index (χ2n) is 11.6. The first kappa shape index (κ1) is 33.2. The number of nitrogens with zero attached hydrogens (tertiary/aromatic N) is 2. The van der Waals surface area contributed by atoms with E-state index in [2.05, 4.69) is 20.6 Å². The van der Waals surface area contributed by atoms with Crippen molar-refractivity contribution in [1.82, 2.24) is 15.3 Å². The van der Waals surface area contributed by atoms with Gasteiger partial charge in [-0.1, -0.05) is 41.9 Å². The summed E-state index contributed by atoms with van der Waals surface area (Å²) in [6.45, 7) is 0. The molecule has 1 aliphatic carbocycles. The topological polar surface area (TPSA) is 149 Å². The number of para-hydroxylation sites is 1. The van der Waals surface area contributed by atoms with Gasteiger partial charge in [-0.3, -0.25) is 9.59 Å². The summed E-state index contributed by atoms with van der Waals surface area (Å²) in [5.74, 6) is 0.374. The lowest BCUT2D eigenvalue weighted by Crippen LogP contribution is -2.39. The van der Waals surface area contributed by atoms with Crippen molar-refractivity contribution in [3.8, 4) is 23.3 Å². The predicted molar refractivity (Wildman–Crippen MR) is 184 cm³/mol. The van der Waals surface area contributed by atoms with Gasteiger partial charge in [0.05, 0.1) is 30.9 Å². The molecule has 6 rings (SSSR count). The van der Waals surface area contributed by atoms with Crippen LogP contribution < -0.4 is 24.8 Å². The number of methoxy groups -OCH3 is 1. The lowest BCUT2D eigenvalue weighted by Gasteiger charge is -2.29. The number of carboxylic acids is 1. The number of aromatic nitrogens is 2. The molecule has 0 radical (unpaired) electrons. The summed E-state index contributed by atoms with van der Waals surface area (Å²) in [7, 11) is 1.48.